The maximum absolute atomic E-state index is 12.9. The van der Waals surface area contributed by atoms with Gasteiger partial charge in [-0.3, -0.25) is 9.48 Å². The molecule has 2 N–H and O–H groups in total. The molecule has 3 atom stereocenters. The molecule has 0 saturated carbocycles. The minimum atomic E-state index is -0.106. The van der Waals surface area contributed by atoms with Crippen molar-refractivity contribution in [3.8, 4) is 0 Å². The van der Waals surface area contributed by atoms with Crippen molar-refractivity contribution in [1.29, 1.82) is 0 Å². The number of halogens is 1. The second-order valence-corrected chi connectivity index (χ2v) is 7.58. The fraction of sp³-hybridized carbons (Fsp3) is 0.524. The predicted molar refractivity (Wildman–Crippen MR) is 111 cm³/mol. The highest BCUT2D eigenvalue weighted by molar-refractivity contribution is 5.92. The minimum absolute atomic E-state index is 0. The van der Waals surface area contributed by atoms with E-state index in [0.29, 0.717) is 17.7 Å². The lowest BCUT2D eigenvalue weighted by Gasteiger charge is -2.23. The summed E-state index contributed by atoms with van der Waals surface area (Å²) in [4.78, 5) is 12.9. The predicted octanol–water partition coefficient (Wildman–Crippen LogP) is 3.13. The van der Waals surface area contributed by atoms with Gasteiger partial charge in [0.1, 0.15) is 5.69 Å². The summed E-state index contributed by atoms with van der Waals surface area (Å²) in [6.45, 7) is 3.58. The Kier molecular flexibility index (Phi) is 7.48. The van der Waals surface area contributed by atoms with Crippen molar-refractivity contribution < 1.29 is 9.53 Å². The molecule has 1 aromatic carbocycles. The van der Waals surface area contributed by atoms with Crippen LogP contribution in [0.25, 0.3) is 0 Å². The van der Waals surface area contributed by atoms with Gasteiger partial charge in [0, 0.05) is 26.0 Å². The second kappa shape index (κ2) is 10.0. The summed E-state index contributed by atoms with van der Waals surface area (Å²) < 4.78 is 7.45. The number of hydrogen-bond acceptors (Lipinski definition) is 4. The van der Waals surface area contributed by atoms with Crippen molar-refractivity contribution in [2.45, 2.75) is 37.8 Å². The number of hydrogen-bond donors (Lipinski definition) is 2. The van der Waals surface area contributed by atoms with Crippen LogP contribution in [0.4, 0.5) is 0 Å². The van der Waals surface area contributed by atoms with Crippen molar-refractivity contribution in [2.75, 3.05) is 26.3 Å². The van der Waals surface area contributed by atoms with E-state index in [2.05, 4.69) is 27.9 Å². The van der Waals surface area contributed by atoms with E-state index < -0.39 is 0 Å². The Bertz CT molecular complexity index is 740. The second-order valence-electron chi connectivity index (χ2n) is 7.58. The van der Waals surface area contributed by atoms with E-state index in [1.54, 1.807) is 0 Å². The van der Waals surface area contributed by atoms with E-state index in [0.717, 1.165) is 57.6 Å². The highest BCUT2D eigenvalue weighted by Gasteiger charge is 2.25. The fourth-order valence-corrected chi connectivity index (χ4v) is 4.02. The van der Waals surface area contributed by atoms with E-state index in [1.807, 2.05) is 35.1 Å². The Hall–Kier alpha value is -1.89. The molecule has 4 rings (SSSR count). The van der Waals surface area contributed by atoms with E-state index in [9.17, 15) is 4.79 Å². The van der Waals surface area contributed by atoms with Crippen LogP contribution in [0.1, 0.15) is 53.8 Å². The molecule has 2 aromatic rings. The van der Waals surface area contributed by atoms with Gasteiger partial charge in [0.15, 0.2) is 0 Å². The molecule has 0 radical (unpaired) electrons. The standard InChI is InChI=1S/C21H28N4O2.ClH/c26-21(19-8-11-25(24-19)18-7-4-10-22-14-18)23-20(13-16-9-12-27-15-16)17-5-2-1-3-6-17;/h1-3,5-6,8,11,16,18,20,22H,4,7,9-10,12-15H2,(H,23,26);1H. The Morgan fingerprint density at radius 2 is 2.14 bits per heavy atom. The summed E-state index contributed by atoms with van der Waals surface area (Å²) in [7, 11) is 0. The van der Waals surface area contributed by atoms with Crippen LogP contribution in [0, 0.1) is 5.92 Å². The van der Waals surface area contributed by atoms with Gasteiger partial charge in [-0.15, -0.1) is 12.4 Å². The molecule has 1 aromatic heterocycles. The van der Waals surface area contributed by atoms with Crippen LogP contribution < -0.4 is 10.6 Å². The lowest BCUT2D eigenvalue weighted by molar-refractivity contribution is 0.0922. The highest BCUT2D eigenvalue weighted by atomic mass is 35.5. The van der Waals surface area contributed by atoms with Crippen molar-refractivity contribution in [1.82, 2.24) is 20.4 Å². The van der Waals surface area contributed by atoms with Gasteiger partial charge in [0.2, 0.25) is 0 Å². The third-order valence-corrected chi connectivity index (χ3v) is 5.59. The number of carbonyl (C=O) groups is 1. The number of nitrogens with one attached hydrogen (secondary N) is 2. The van der Waals surface area contributed by atoms with Crippen molar-refractivity contribution in [3.63, 3.8) is 0 Å². The zero-order valence-corrected chi connectivity index (χ0v) is 16.9. The molecule has 152 valence electrons. The Morgan fingerprint density at radius 1 is 1.29 bits per heavy atom. The zero-order chi connectivity index (χ0) is 18.5. The minimum Gasteiger partial charge on any atom is -0.381 e. The Morgan fingerprint density at radius 3 is 2.86 bits per heavy atom. The van der Waals surface area contributed by atoms with Crippen LogP contribution in [-0.4, -0.2) is 42.0 Å². The first kappa shape index (κ1) is 20.8. The van der Waals surface area contributed by atoms with Crippen LogP contribution in [-0.2, 0) is 4.74 Å². The molecule has 0 bridgehead atoms. The fourth-order valence-electron chi connectivity index (χ4n) is 4.02. The van der Waals surface area contributed by atoms with Crippen LogP contribution in [0.2, 0.25) is 0 Å². The van der Waals surface area contributed by atoms with Gasteiger partial charge in [-0.05, 0) is 49.8 Å². The summed E-state index contributed by atoms with van der Waals surface area (Å²) >= 11 is 0. The molecule has 2 fully saturated rings. The normalized spacial score (nSPS) is 23.0. The third kappa shape index (κ3) is 5.13. The van der Waals surface area contributed by atoms with E-state index in [1.165, 1.54) is 0 Å². The SMILES string of the molecule is Cl.O=C(NC(CC1CCOC1)c1ccccc1)c1ccn(C2CCCNC2)n1. The monoisotopic (exact) mass is 404 g/mol. The first-order valence-electron chi connectivity index (χ1n) is 9.99. The summed E-state index contributed by atoms with van der Waals surface area (Å²) in [6, 6.07) is 12.3. The molecular weight excluding hydrogens is 376 g/mol. The lowest BCUT2D eigenvalue weighted by atomic mass is 9.94. The van der Waals surface area contributed by atoms with Crippen molar-refractivity contribution >= 4 is 18.3 Å². The zero-order valence-electron chi connectivity index (χ0n) is 16.0. The Balaban J connectivity index is 0.00000225. The molecule has 1 amide bonds. The number of aromatic nitrogens is 2. The van der Waals surface area contributed by atoms with Crippen molar-refractivity contribution in [3.05, 3.63) is 53.9 Å². The molecule has 3 heterocycles. The first-order valence-corrected chi connectivity index (χ1v) is 9.99. The molecular formula is C21H29ClN4O2. The van der Waals surface area contributed by atoms with Gasteiger partial charge in [0.25, 0.3) is 5.91 Å². The largest absolute Gasteiger partial charge is 0.381 e. The van der Waals surface area contributed by atoms with Gasteiger partial charge < -0.3 is 15.4 Å². The van der Waals surface area contributed by atoms with Crippen molar-refractivity contribution in [2.24, 2.45) is 5.92 Å². The van der Waals surface area contributed by atoms with Crippen LogP contribution in [0.5, 0.6) is 0 Å². The molecule has 2 saturated heterocycles. The summed E-state index contributed by atoms with van der Waals surface area (Å²) in [5.74, 6) is 0.381. The molecule has 28 heavy (non-hydrogen) atoms. The molecule has 2 aliphatic heterocycles. The first-order chi connectivity index (χ1) is 13.3. The van der Waals surface area contributed by atoms with Gasteiger partial charge in [-0.1, -0.05) is 30.3 Å². The topological polar surface area (TPSA) is 68.2 Å². The molecule has 7 heteroatoms. The van der Waals surface area contributed by atoms with E-state index in [-0.39, 0.29) is 24.4 Å². The summed E-state index contributed by atoms with van der Waals surface area (Å²) in [5, 5.41) is 11.2. The van der Waals surface area contributed by atoms with Gasteiger partial charge >= 0.3 is 0 Å². The average molecular weight is 405 g/mol. The molecule has 6 nitrogen and oxygen atoms in total. The maximum atomic E-state index is 12.9. The number of amides is 1. The molecule has 0 spiro atoms. The number of rotatable bonds is 6. The number of carbonyl (C=O) groups excluding carboxylic acids is 1. The van der Waals surface area contributed by atoms with E-state index >= 15 is 0 Å². The summed E-state index contributed by atoms with van der Waals surface area (Å²) in [5.41, 5.74) is 1.62. The Labute approximate surface area is 172 Å². The van der Waals surface area contributed by atoms with Crippen LogP contribution >= 0.6 is 12.4 Å². The lowest BCUT2D eigenvalue weighted by Crippen LogP contribution is -2.33. The summed E-state index contributed by atoms with van der Waals surface area (Å²) in [6.07, 6.45) is 6.12. The van der Waals surface area contributed by atoms with Crippen LogP contribution in [0.15, 0.2) is 42.6 Å². The number of benzene rings is 1. The van der Waals surface area contributed by atoms with Gasteiger partial charge in [0.05, 0.1) is 12.1 Å². The van der Waals surface area contributed by atoms with Gasteiger partial charge in [-0.2, -0.15) is 5.10 Å². The smallest absolute Gasteiger partial charge is 0.272 e. The van der Waals surface area contributed by atoms with Gasteiger partial charge in [-0.25, -0.2) is 0 Å². The molecule has 3 unspecified atom stereocenters. The third-order valence-electron chi connectivity index (χ3n) is 5.59. The molecule has 0 aliphatic carbocycles. The average Bonchev–Trinajstić information content (AvgIpc) is 3.41. The number of nitrogens with zero attached hydrogens (tertiary/aromatic N) is 2. The highest BCUT2D eigenvalue weighted by Crippen LogP contribution is 2.27. The quantitative estimate of drug-likeness (QED) is 0.776. The number of piperidine rings is 1. The van der Waals surface area contributed by atoms with E-state index in [4.69, 9.17) is 4.74 Å². The maximum Gasteiger partial charge on any atom is 0.272 e. The van der Waals surface area contributed by atoms with Crippen LogP contribution in [0.3, 0.4) is 0 Å². The molecule has 2 aliphatic rings. The number of ether oxygens (including phenoxy) is 1.